The molecule has 2 N–H and O–H groups in total. The van der Waals surface area contributed by atoms with E-state index in [9.17, 15) is 9.59 Å². The number of thiocarbonyl (C=S) groups is 1. The molecule has 2 aromatic rings. The highest BCUT2D eigenvalue weighted by Gasteiger charge is 2.13. The van der Waals surface area contributed by atoms with Crippen molar-refractivity contribution in [2.24, 2.45) is 0 Å². The summed E-state index contributed by atoms with van der Waals surface area (Å²) in [7, 11) is 0. The summed E-state index contributed by atoms with van der Waals surface area (Å²) in [6.45, 7) is 5.18. The first kappa shape index (κ1) is 20.3. The maximum absolute atomic E-state index is 12.4. The first-order chi connectivity index (χ1) is 13.0. The van der Waals surface area contributed by atoms with E-state index in [0.29, 0.717) is 24.3 Å². The Morgan fingerprint density at radius 1 is 1.04 bits per heavy atom. The van der Waals surface area contributed by atoms with Crippen LogP contribution in [0.2, 0.25) is 0 Å². The zero-order chi connectivity index (χ0) is 19.6. The van der Waals surface area contributed by atoms with E-state index in [0.717, 1.165) is 5.56 Å². The second-order valence-corrected chi connectivity index (χ2v) is 6.15. The molecule has 2 rings (SSSR count). The molecule has 0 aromatic heterocycles. The van der Waals surface area contributed by atoms with E-state index in [1.807, 2.05) is 44.2 Å². The molecule has 0 heterocycles. The maximum Gasteiger partial charge on any atom is 0.253 e. The molecule has 0 bridgehead atoms. The van der Waals surface area contributed by atoms with Gasteiger partial charge in [-0.05, 0) is 55.9 Å². The van der Waals surface area contributed by atoms with Gasteiger partial charge in [0.15, 0.2) is 5.11 Å². The number of carbonyl (C=O) groups excluding carboxylic acids is 2. The number of hydrogen-bond acceptors (Lipinski definition) is 3. The smallest absolute Gasteiger partial charge is 0.253 e. The molecule has 140 valence electrons. The zero-order valence-electron chi connectivity index (χ0n) is 15.4. The van der Waals surface area contributed by atoms with Crippen molar-refractivity contribution in [3.05, 3.63) is 71.8 Å². The van der Waals surface area contributed by atoms with Gasteiger partial charge in [-0.2, -0.15) is 0 Å². The van der Waals surface area contributed by atoms with Crippen LogP contribution in [0.15, 0.2) is 60.7 Å². The maximum atomic E-state index is 12.4. The van der Waals surface area contributed by atoms with E-state index in [-0.39, 0.29) is 16.9 Å². The molecule has 0 saturated carbocycles. The summed E-state index contributed by atoms with van der Waals surface area (Å²) in [6, 6.07) is 16.6. The van der Waals surface area contributed by atoms with Crippen LogP contribution < -0.4 is 10.6 Å². The molecule has 0 aliphatic carbocycles. The van der Waals surface area contributed by atoms with E-state index in [2.05, 4.69) is 10.6 Å². The minimum Gasteiger partial charge on any atom is -0.339 e. The Morgan fingerprint density at radius 2 is 1.74 bits per heavy atom. The number of hydrogen-bond donors (Lipinski definition) is 2. The zero-order valence-corrected chi connectivity index (χ0v) is 16.3. The van der Waals surface area contributed by atoms with Gasteiger partial charge >= 0.3 is 0 Å². The van der Waals surface area contributed by atoms with E-state index in [1.165, 1.54) is 6.08 Å². The molecule has 0 aliphatic rings. The molecule has 0 fully saturated rings. The van der Waals surface area contributed by atoms with Crippen molar-refractivity contribution < 1.29 is 9.59 Å². The van der Waals surface area contributed by atoms with Crippen molar-refractivity contribution in [3.63, 3.8) is 0 Å². The van der Waals surface area contributed by atoms with Crippen LogP contribution in [0.25, 0.3) is 6.08 Å². The SMILES string of the molecule is CCN(CC)C(=O)c1cccc(NC(=S)NC(=O)/C=C/c2ccccc2)c1. The lowest BCUT2D eigenvalue weighted by molar-refractivity contribution is -0.115. The Kier molecular flexibility index (Phi) is 7.70. The highest BCUT2D eigenvalue weighted by atomic mass is 32.1. The molecule has 0 unspecified atom stereocenters. The Bertz CT molecular complexity index is 830. The second kappa shape index (κ2) is 10.2. The molecule has 0 saturated heterocycles. The number of carbonyl (C=O) groups is 2. The van der Waals surface area contributed by atoms with Crippen molar-refractivity contribution in [1.29, 1.82) is 0 Å². The average Bonchev–Trinajstić information content (AvgIpc) is 2.68. The Balaban J connectivity index is 1.95. The summed E-state index contributed by atoms with van der Waals surface area (Å²) in [4.78, 5) is 26.1. The van der Waals surface area contributed by atoms with Gasteiger partial charge in [-0.25, -0.2) is 0 Å². The highest BCUT2D eigenvalue weighted by molar-refractivity contribution is 7.80. The van der Waals surface area contributed by atoms with Crippen LogP contribution in [0.5, 0.6) is 0 Å². The summed E-state index contributed by atoms with van der Waals surface area (Å²) in [5, 5.41) is 5.70. The predicted molar refractivity (Wildman–Crippen MR) is 114 cm³/mol. The van der Waals surface area contributed by atoms with Crippen LogP contribution in [-0.2, 0) is 4.79 Å². The summed E-state index contributed by atoms with van der Waals surface area (Å²) < 4.78 is 0. The molecule has 0 radical (unpaired) electrons. The molecule has 5 nitrogen and oxygen atoms in total. The number of nitrogens with zero attached hydrogens (tertiary/aromatic N) is 1. The number of benzene rings is 2. The van der Waals surface area contributed by atoms with E-state index in [4.69, 9.17) is 12.2 Å². The van der Waals surface area contributed by atoms with Crippen molar-refractivity contribution in [1.82, 2.24) is 10.2 Å². The van der Waals surface area contributed by atoms with Gasteiger partial charge in [0.2, 0.25) is 5.91 Å². The van der Waals surface area contributed by atoms with Gasteiger partial charge in [-0.3, -0.25) is 14.9 Å². The molecule has 0 spiro atoms. The standard InChI is InChI=1S/C21H23N3O2S/c1-3-24(4-2)20(26)17-11-8-12-18(15-17)22-21(27)23-19(25)14-13-16-9-6-5-7-10-16/h5-15H,3-4H2,1-2H3,(H2,22,23,25,27)/b14-13+. The third kappa shape index (κ3) is 6.34. The van der Waals surface area contributed by atoms with Crippen molar-refractivity contribution in [2.75, 3.05) is 18.4 Å². The quantitative estimate of drug-likeness (QED) is 0.592. The fourth-order valence-corrected chi connectivity index (χ4v) is 2.69. The molecule has 2 aromatic carbocycles. The second-order valence-electron chi connectivity index (χ2n) is 5.75. The van der Waals surface area contributed by atoms with Gasteiger partial charge in [0.25, 0.3) is 5.91 Å². The van der Waals surface area contributed by atoms with Crippen LogP contribution in [-0.4, -0.2) is 34.9 Å². The molecule has 2 amide bonds. The monoisotopic (exact) mass is 381 g/mol. The topological polar surface area (TPSA) is 61.4 Å². The van der Waals surface area contributed by atoms with Crippen molar-refractivity contribution in [2.45, 2.75) is 13.8 Å². The fraction of sp³-hybridized carbons (Fsp3) is 0.190. The fourth-order valence-electron chi connectivity index (χ4n) is 2.48. The Hall–Kier alpha value is -2.99. The molecular formula is C21H23N3O2S. The van der Waals surface area contributed by atoms with Gasteiger partial charge in [0.1, 0.15) is 0 Å². The van der Waals surface area contributed by atoms with E-state index >= 15 is 0 Å². The summed E-state index contributed by atoms with van der Waals surface area (Å²) in [6.07, 6.45) is 3.13. The average molecular weight is 382 g/mol. The number of nitrogens with one attached hydrogen (secondary N) is 2. The number of rotatable bonds is 6. The minimum absolute atomic E-state index is 0.0376. The minimum atomic E-state index is -0.327. The molecule has 0 aliphatic heterocycles. The third-order valence-electron chi connectivity index (χ3n) is 3.88. The normalized spacial score (nSPS) is 10.4. The van der Waals surface area contributed by atoms with Crippen molar-refractivity contribution in [3.8, 4) is 0 Å². The Labute approximate surface area is 165 Å². The largest absolute Gasteiger partial charge is 0.339 e. The van der Waals surface area contributed by atoms with Gasteiger partial charge in [0, 0.05) is 30.4 Å². The lowest BCUT2D eigenvalue weighted by Crippen LogP contribution is -2.33. The van der Waals surface area contributed by atoms with Gasteiger partial charge < -0.3 is 10.2 Å². The van der Waals surface area contributed by atoms with Gasteiger partial charge in [-0.15, -0.1) is 0 Å². The first-order valence-electron chi connectivity index (χ1n) is 8.78. The third-order valence-corrected chi connectivity index (χ3v) is 4.09. The van der Waals surface area contributed by atoms with Crippen molar-refractivity contribution >= 4 is 40.9 Å². The molecule has 27 heavy (non-hydrogen) atoms. The summed E-state index contributed by atoms with van der Waals surface area (Å²) >= 11 is 5.18. The van der Waals surface area contributed by atoms with Crippen LogP contribution in [0.4, 0.5) is 5.69 Å². The molecule has 0 atom stereocenters. The van der Waals surface area contributed by atoms with Crippen LogP contribution >= 0.6 is 12.2 Å². The van der Waals surface area contributed by atoms with Crippen LogP contribution in [0.1, 0.15) is 29.8 Å². The lowest BCUT2D eigenvalue weighted by Gasteiger charge is -2.19. The molecule has 6 heteroatoms. The van der Waals surface area contributed by atoms with Crippen LogP contribution in [0, 0.1) is 0 Å². The number of anilines is 1. The highest BCUT2D eigenvalue weighted by Crippen LogP contribution is 2.13. The molecular weight excluding hydrogens is 358 g/mol. The van der Waals surface area contributed by atoms with E-state index in [1.54, 1.807) is 35.2 Å². The van der Waals surface area contributed by atoms with Crippen LogP contribution in [0.3, 0.4) is 0 Å². The van der Waals surface area contributed by atoms with E-state index < -0.39 is 0 Å². The van der Waals surface area contributed by atoms with Gasteiger partial charge in [-0.1, -0.05) is 36.4 Å². The first-order valence-corrected chi connectivity index (χ1v) is 9.18. The summed E-state index contributed by atoms with van der Waals surface area (Å²) in [5.41, 5.74) is 2.14. The lowest BCUT2D eigenvalue weighted by atomic mass is 10.1. The predicted octanol–water partition coefficient (Wildman–Crippen LogP) is 3.70. The summed E-state index contributed by atoms with van der Waals surface area (Å²) in [5.74, 6) is -0.365. The Morgan fingerprint density at radius 3 is 2.41 bits per heavy atom. The van der Waals surface area contributed by atoms with Gasteiger partial charge in [0.05, 0.1) is 0 Å². The number of amides is 2.